The predicted molar refractivity (Wildman–Crippen MR) is 133 cm³/mol. The molecule has 2 atom stereocenters. The average molecular weight is 498 g/mol. The maximum atomic E-state index is 12.1. The second-order valence-electron chi connectivity index (χ2n) is 8.62. The number of carbonyl (C=O) groups is 1. The number of piperazine rings is 1. The molecule has 34 heavy (non-hydrogen) atoms. The fraction of sp³-hybridized carbons (Fsp3) is 0.391. The van der Waals surface area contributed by atoms with E-state index in [1.165, 1.54) is 12.8 Å². The van der Waals surface area contributed by atoms with Gasteiger partial charge in [0.1, 0.15) is 12.3 Å². The van der Waals surface area contributed by atoms with E-state index in [4.69, 9.17) is 21.3 Å². The summed E-state index contributed by atoms with van der Waals surface area (Å²) in [7, 11) is 0. The summed E-state index contributed by atoms with van der Waals surface area (Å²) in [6.45, 7) is 3.24. The maximum absolute atomic E-state index is 12.1. The van der Waals surface area contributed by atoms with Crippen molar-refractivity contribution >= 4 is 51.3 Å². The first-order valence-corrected chi connectivity index (χ1v) is 12.6. The molecule has 1 amide bonds. The van der Waals surface area contributed by atoms with Crippen molar-refractivity contribution in [3.8, 4) is 10.6 Å². The van der Waals surface area contributed by atoms with E-state index >= 15 is 0 Å². The minimum absolute atomic E-state index is 0.0321. The molecule has 3 aliphatic heterocycles. The number of amides is 1. The monoisotopic (exact) mass is 497 g/mol. The van der Waals surface area contributed by atoms with Crippen LogP contribution in [0.15, 0.2) is 36.7 Å². The Morgan fingerprint density at radius 2 is 1.91 bits per heavy atom. The summed E-state index contributed by atoms with van der Waals surface area (Å²) in [6, 6.07) is 8.62. The Balaban J connectivity index is 1.20. The molecular formula is C23H24ClN7O2S. The van der Waals surface area contributed by atoms with Crippen LogP contribution in [-0.2, 0) is 9.53 Å². The van der Waals surface area contributed by atoms with Crippen LogP contribution >= 0.6 is 22.9 Å². The number of halogens is 1. The van der Waals surface area contributed by atoms with Crippen molar-refractivity contribution in [2.75, 3.05) is 48.0 Å². The van der Waals surface area contributed by atoms with Gasteiger partial charge in [0.15, 0.2) is 5.13 Å². The number of thiazole rings is 1. The Hall–Kier alpha value is -2.79. The highest BCUT2D eigenvalue weighted by molar-refractivity contribution is 7.19. The number of anilines is 4. The fourth-order valence-corrected chi connectivity index (χ4v) is 6.14. The smallest absolute Gasteiger partial charge is 0.253 e. The number of hydrogen-bond donors (Lipinski definition) is 2. The van der Waals surface area contributed by atoms with Crippen LogP contribution < -0.4 is 20.4 Å². The van der Waals surface area contributed by atoms with Gasteiger partial charge in [0.05, 0.1) is 22.7 Å². The van der Waals surface area contributed by atoms with Crippen LogP contribution in [0.4, 0.5) is 22.5 Å². The Labute approximate surface area is 206 Å². The van der Waals surface area contributed by atoms with Gasteiger partial charge >= 0.3 is 0 Å². The summed E-state index contributed by atoms with van der Waals surface area (Å²) in [5, 5.41) is 8.26. The lowest BCUT2D eigenvalue weighted by Crippen LogP contribution is -2.51. The molecule has 3 saturated heterocycles. The van der Waals surface area contributed by atoms with E-state index in [1.807, 2.05) is 30.5 Å². The van der Waals surface area contributed by atoms with E-state index in [9.17, 15) is 4.79 Å². The van der Waals surface area contributed by atoms with Crippen LogP contribution in [0.25, 0.3) is 10.6 Å². The van der Waals surface area contributed by atoms with Gasteiger partial charge in [0.2, 0.25) is 5.95 Å². The van der Waals surface area contributed by atoms with E-state index < -0.39 is 0 Å². The molecule has 176 valence electrons. The number of rotatable bonds is 5. The van der Waals surface area contributed by atoms with E-state index in [0.29, 0.717) is 41.9 Å². The molecule has 2 aromatic heterocycles. The second-order valence-corrected chi connectivity index (χ2v) is 10.0. The van der Waals surface area contributed by atoms with Crippen LogP contribution in [-0.4, -0.2) is 65.8 Å². The van der Waals surface area contributed by atoms with E-state index in [-0.39, 0.29) is 12.5 Å². The van der Waals surface area contributed by atoms with Gasteiger partial charge in [0, 0.05) is 49.3 Å². The van der Waals surface area contributed by atoms with Crippen molar-refractivity contribution in [3.63, 3.8) is 0 Å². The molecule has 2 unspecified atom stereocenters. The van der Waals surface area contributed by atoms with Crippen LogP contribution in [0.5, 0.6) is 0 Å². The first kappa shape index (κ1) is 21.7. The quantitative estimate of drug-likeness (QED) is 0.554. The van der Waals surface area contributed by atoms with E-state index in [1.54, 1.807) is 22.4 Å². The normalized spacial score (nSPS) is 22.3. The van der Waals surface area contributed by atoms with Gasteiger partial charge in [0.25, 0.3) is 5.91 Å². The summed E-state index contributed by atoms with van der Waals surface area (Å²) in [6.07, 6.45) is 5.87. The largest absolute Gasteiger partial charge is 0.370 e. The zero-order valence-electron chi connectivity index (χ0n) is 18.4. The van der Waals surface area contributed by atoms with Crippen LogP contribution in [0.2, 0.25) is 5.02 Å². The number of aromatic nitrogens is 3. The van der Waals surface area contributed by atoms with Gasteiger partial charge in [-0.05, 0) is 37.1 Å². The number of hydrogen-bond acceptors (Lipinski definition) is 9. The third kappa shape index (κ3) is 4.11. The molecule has 3 fully saturated rings. The number of benzene rings is 1. The van der Waals surface area contributed by atoms with Crippen molar-refractivity contribution in [2.45, 2.75) is 24.9 Å². The first-order valence-electron chi connectivity index (χ1n) is 11.4. The number of carbonyl (C=O) groups excluding carboxylic acids is 1. The van der Waals surface area contributed by atoms with E-state index in [0.717, 1.165) is 34.5 Å². The van der Waals surface area contributed by atoms with Gasteiger partial charge < -0.3 is 25.2 Å². The van der Waals surface area contributed by atoms with Crippen LogP contribution in [0.3, 0.4) is 0 Å². The number of morpholine rings is 1. The second kappa shape index (κ2) is 9.10. The molecule has 3 aromatic rings. The highest BCUT2D eigenvalue weighted by Gasteiger charge is 2.38. The van der Waals surface area contributed by atoms with Gasteiger partial charge in [-0.15, -0.1) is 0 Å². The van der Waals surface area contributed by atoms with Gasteiger partial charge in [-0.1, -0.05) is 22.9 Å². The minimum Gasteiger partial charge on any atom is -0.370 e. The Bertz CT molecular complexity index is 1190. The standard InChI is InChI=1S/C23H24ClN7O2S/c24-18-11-26-22(28-14-1-3-15(4-2-14)30-7-8-33-13-20(30)32)29-21(18)19-12-27-23(34-19)31-16-5-6-17(31)10-25-9-16/h1-4,11-12,16-17,25H,5-10,13H2,(H,26,28,29). The third-order valence-corrected chi connectivity index (χ3v) is 7.79. The van der Waals surface area contributed by atoms with Gasteiger partial charge in [-0.2, -0.15) is 0 Å². The van der Waals surface area contributed by atoms with Gasteiger partial charge in [-0.3, -0.25) is 4.79 Å². The zero-order chi connectivity index (χ0) is 23.1. The Morgan fingerprint density at radius 1 is 1.12 bits per heavy atom. The molecule has 0 radical (unpaired) electrons. The minimum atomic E-state index is -0.0321. The van der Waals surface area contributed by atoms with Crippen molar-refractivity contribution in [1.82, 2.24) is 20.3 Å². The topological polar surface area (TPSA) is 95.5 Å². The SMILES string of the molecule is O=C1COCCN1c1ccc(Nc2ncc(Cl)c(-c3cnc(N4C5CCC4CNC5)s3)n2)cc1. The lowest BCUT2D eigenvalue weighted by Gasteiger charge is -2.35. The number of nitrogens with one attached hydrogen (secondary N) is 2. The van der Waals surface area contributed by atoms with Crippen LogP contribution in [0, 0.1) is 0 Å². The zero-order valence-corrected chi connectivity index (χ0v) is 20.0. The first-order chi connectivity index (χ1) is 16.7. The average Bonchev–Trinajstić information content (AvgIpc) is 3.42. The summed E-state index contributed by atoms with van der Waals surface area (Å²) in [4.78, 5) is 30.9. The molecule has 5 heterocycles. The summed E-state index contributed by atoms with van der Waals surface area (Å²) < 4.78 is 5.20. The molecule has 2 bridgehead atoms. The summed E-state index contributed by atoms with van der Waals surface area (Å²) >= 11 is 8.10. The Kier molecular flexibility index (Phi) is 5.82. The van der Waals surface area contributed by atoms with Gasteiger partial charge in [-0.25, -0.2) is 15.0 Å². The molecule has 0 aliphatic carbocycles. The molecule has 9 nitrogen and oxygen atoms in total. The molecule has 11 heteroatoms. The lowest BCUT2D eigenvalue weighted by molar-refractivity contribution is -0.125. The van der Waals surface area contributed by atoms with Crippen LogP contribution in [0.1, 0.15) is 12.8 Å². The lowest BCUT2D eigenvalue weighted by atomic mass is 10.2. The van der Waals surface area contributed by atoms with Crippen molar-refractivity contribution in [3.05, 3.63) is 41.7 Å². The molecule has 3 aliphatic rings. The Morgan fingerprint density at radius 3 is 2.68 bits per heavy atom. The molecule has 0 saturated carbocycles. The van der Waals surface area contributed by atoms with Crippen molar-refractivity contribution in [1.29, 1.82) is 0 Å². The number of ether oxygens (including phenoxy) is 1. The number of nitrogens with zero attached hydrogens (tertiary/aromatic N) is 5. The molecule has 6 rings (SSSR count). The fourth-order valence-electron chi connectivity index (χ4n) is 4.83. The molecule has 1 aromatic carbocycles. The summed E-state index contributed by atoms with van der Waals surface area (Å²) in [5.74, 6) is 0.419. The molecular weight excluding hydrogens is 474 g/mol. The maximum Gasteiger partial charge on any atom is 0.253 e. The molecule has 2 N–H and O–H groups in total. The number of fused-ring (bicyclic) bond motifs is 2. The highest BCUT2D eigenvalue weighted by Crippen LogP contribution is 2.39. The predicted octanol–water partition coefficient (Wildman–Crippen LogP) is 3.30. The van der Waals surface area contributed by atoms with E-state index in [2.05, 4.69) is 25.5 Å². The molecule has 0 spiro atoms. The van der Waals surface area contributed by atoms with Crippen molar-refractivity contribution in [2.24, 2.45) is 0 Å². The third-order valence-electron chi connectivity index (χ3n) is 6.49. The summed E-state index contributed by atoms with van der Waals surface area (Å²) in [5.41, 5.74) is 2.33. The highest BCUT2D eigenvalue weighted by atomic mass is 35.5. The van der Waals surface area contributed by atoms with Crippen molar-refractivity contribution < 1.29 is 9.53 Å².